The van der Waals surface area contributed by atoms with E-state index in [-0.39, 0.29) is 18.0 Å². The van der Waals surface area contributed by atoms with E-state index < -0.39 is 0 Å². The lowest BCUT2D eigenvalue weighted by molar-refractivity contribution is -0.129. The van der Waals surface area contributed by atoms with Crippen molar-refractivity contribution in [2.45, 2.75) is 32.4 Å². The van der Waals surface area contributed by atoms with Crippen LogP contribution in [-0.2, 0) is 4.79 Å². The summed E-state index contributed by atoms with van der Waals surface area (Å²) in [7, 11) is 0. The molecule has 0 aliphatic carbocycles. The highest BCUT2D eigenvalue weighted by molar-refractivity contribution is 5.82. The van der Waals surface area contributed by atoms with E-state index in [0.717, 1.165) is 6.54 Å². The maximum atomic E-state index is 11.3. The van der Waals surface area contributed by atoms with Gasteiger partial charge in [0.15, 0.2) is 0 Å². The standard InChI is InChI=1S/C9H15N3O/c1-7(3-4-10)12-6-5-11-9(13)8(12)2/h7-8H,3,5-6H2,1-2H3,(H,11,13). The molecule has 1 aliphatic rings. The number of nitrogens with zero attached hydrogens (tertiary/aromatic N) is 2. The van der Waals surface area contributed by atoms with Crippen LogP contribution in [-0.4, -0.2) is 36.0 Å². The summed E-state index contributed by atoms with van der Waals surface area (Å²) in [5.74, 6) is 0.0658. The Balaban J connectivity index is 2.58. The third kappa shape index (κ3) is 2.19. The third-order valence-electron chi connectivity index (χ3n) is 2.50. The molecule has 1 amide bonds. The van der Waals surface area contributed by atoms with Crippen molar-refractivity contribution < 1.29 is 4.79 Å². The maximum absolute atomic E-state index is 11.3. The summed E-state index contributed by atoms with van der Waals surface area (Å²) in [5.41, 5.74) is 0. The van der Waals surface area contributed by atoms with Gasteiger partial charge in [0.25, 0.3) is 0 Å². The first kappa shape index (κ1) is 10.0. The summed E-state index contributed by atoms with van der Waals surface area (Å²) >= 11 is 0. The predicted molar refractivity (Wildman–Crippen MR) is 48.9 cm³/mol. The lowest BCUT2D eigenvalue weighted by atomic mass is 10.1. The van der Waals surface area contributed by atoms with Crippen molar-refractivity contribution in [1.29, 1.82) is 5.26 Å². The van der Waals surface area contributed by atoms with E-state index in [1.807, 2.05) is 13.8 Å². The van der Waals surface area contributed by atoms with Gasteiger partial charge in [0.05, 0.1) is 18.5 Å². The van der Waals surface area contributed by atoms with Gasteiger partial charge in [0, 0.05) is 19.1 Å². The maximum Gasteiger partial charge on any atom is 0.237 e. The fourth-order valence-electron chi connectivity index (χ4n) is 1.65. The molecule has 0 saturated carbocycles. The molecule has 2 atom stereocenters. The van der Waals surface area contributed by atoms with Gasteiger partial charge in [-0.3, -0.25) is 9.69 Å². The second-order valence-corrected chi connectivity index (χ2v) is 3.42. The first-order valence-electron chi connectivity index (χ1n) is 4.57. The summed E-state index contributed by atoms with van der Waals surface area (Å²) in [6.45, 7) is 5.40. The van der Waals surface area contributed by atoms with E-state index in [4.69, 9.17) is 5.26 Å². The Kier molecular flexibility index (Phi) is 3.26. The van der Waals surface area contributed by atoms with Crippen LogP contribution in [0, 0.1) is 11.3 Å². The van der Waals surface area contributed by atoms with Crippen LogP contribution in [0.3, 0.4) is 0 Å². The van der Waals surface area contributed by atoms with Crippen LogP contribution < -0.4 is 5.32 Å². The van der Waals surface area contributed by atoms with Gasteiger partial charge in [0.1, 0.15) is 0 Å². The molecule has 1 aliphatic heterocycles. The second-order valence-electron chi connectivity index (χ2n) is 3.42. The van der Waals surface area contributed by atoms with Crippen LogP contribution >= 0.6 is 0 Å². The Hall–Kier alpha value is -1.08. The highest BCUT2D eigenvalue weighted by atomic mass is 16.2. The molecule has 72 valence electrons. The van der Waals surface area contributed by atoms with Crippen LogP contribution in [0.25, 0.3) is 0 Å². The van der Waals surface area contributed by atoms with E-state index in [0.29, 0.717) is 13.0 Å². The first-order chi connectivity index (χ1) is 6.16. The lowest BCUT2D eigenvalue weighted by Gasteiger charge is -2.36. The molecule has 0 aromatic carbocycles. The van der Waals surface area contributed by atoms with Crippen molar-refractivity contribution in [2.24, 2.45) is 0 Å². The zero-order chi connectivity index (χ0) is 9.84. The van der Waals surface area contributed by atoms with Gasteiger partial charge in [-0.15, -0.1) is 0 Å². The third-order valence-corrected chi connectivity index (χ3v) is 2.50. The molecule has 0 aromatic heterocycles. The van der Waals surface area contributed by atoms with Crippen LogP contribution in [0.4, 0.5) is 0 Å². The van der Waals surface area contributed by atoms with Gasteiger partial charge in [-0.25, -0.2) is 0 Å². The molecular weight excluding hydrogens is 166 g/mol. The molecule has 1 N–H and O–H groups in total. The fourth-order valence-corrected chi connectivity index (χ4v) is 1.65. The topological polar surface area (TPSA) is 56.1 Å². The number of nitriles is 1. The summed E-state index contributed by atoms with van der Waals surface area (Å²) in [5, 5.41) is 11.3. The van der Waals surface area contributed by atoms with Crippen LogP contribution in [0.15, 0.2) is 0 Å². The molecule has 0 radical (unpaired) electrons. The molecule has 0 spiro atoms. The molecule has 13 heavy (non-hydrogen) atoms. The van der Waals surface area contributed by atoms with Crippen LogP contribution in [0.2, 0.25) is 0 Å². The van der Waals surface area contributed by atoms with E-state index in [1.54, 1.807) is 0 Å². The highest BCUT2D eigenvalue weighted by Crippen LogP contribution is 2.10. The minimum Gasteiger partial charge on any atom is -0.353 e. The molecule has 1 fully saturated rings. The zero-order valence-corrected chi connectivity index (χ0v) is 8.08. The Bertz CT molecular complexity index is 234. The number of rotatable bonds is 2. The van der Waals surface area contributed by atoms with Crippen molar-refractivity contribution >= 4 is 5.91 Å². The number of carbonyl (C=O) groups is 1. The molecule has 4 heteroatoms. The Labute approximate surface area is 78.5 Å². The van der Waals surface area contributed by atoms with Gasteiger partial charge >= 0.3 is 0 Å². The SMILES string of the molecule is CC(CC#N)N1CCNC(=O)C1C. The van der Waals surface area contributed by atoms with Crippen molar-refractivity contribution in [3.63, 3.8) is 0 Å². The number of carbonyl (C=O) groups excluding carboxylic acids is 1. The largest absolute Gasteiger partial charge is 0.353 e. The molecular formula is C9H15N3O. The van der Waals surface area contributed by atoms with Crippen molar-refractivity contribution in [2.75, 3.05) is 13.1 Å². The summed E-state index contributed by atoms with van der Waals surface area (Å²) in [4.78, 5) is 13.3. The van der Waals surface area contributed by atoms with Crippen molar-refractivity contribution in [1.82, 2.24) is 10.2 Å². The molecule has 1 heterocycles. The minimum atomic E-state index is -0.0999. The van der Waals surface area contributed by atoms with Crippen molar-refractivity contribution in [3.05, 3.63) is 0 Å². The molecule has 1 rings (SSSR count). The molecule has 2 unspecified atom stereocenters. The van der Waals surface area contributed by atoms with Gasteiger partial charge in [-0.2, -0.15) is 5.26 Å². The number of hydrogen-bond donors (Lipinski definition) is 1. The number of piperazine rings is 1. The molecule has 4 nitrogen and oxygen atoms in total. The van der Waals surface area contributed by atoms with Crippen LogP contribution in [0.5, 0.6) is 0 Å². The quantitative estimate of drug-likeness (QED) is 0.657. The smallest absolute Gasteiger partial charge is 0.237 e. The average Bonchev–Trinajstić information content (AvgIpc) is 2.10. The number of amides is 1. The van der Waals surface area contributed by atoms with E-state index >= 15 is 0 Å². The normalized spacial score (nSPS) is 26.2. The lowest BCUT2D eigenvalue weighted by Crippen LogP contribution is -2.56. The van der Waals surface area contributed by atoms with Gasteiger partial charge in [0.2, 0.25) is 5.91 Å². The van der Waals surface area contributed by atoms with Crippen LogP contribution in [0.1, 0.15) is 20.3 Å². The zero-order valence-electron chi connectivity index (χ0n) is 8.08. The van der Waals surface area contributed by atoms with Gasteiger partial charge in [-0.05, 0) is 13.8 Å². The molecule has 0 bridgehead atoms. The molecule has 1 saturated heterocycles. The number of nitrogens with one attached hydrogen (secondary N) is 1. The summed E-state index contributed by atoms with van der Waals surface area (Å²) < 4.78 is 0. The van der Waals surface area contributed by atoms with E-state index in [9.17, 15) is 4.79 Å². The Morgan fingerprint density at radius 2 is 2.54 bits per heavy atom. The fraction of sp³-hybridized carbons (Fsp3) is 0.778. The predicted octanol–water partition coefficient (Wildman–Crippen LogP) is 0.109. The minimum absolute atomic E-state index is 0.0658. The second kappa shape index (κ2) is 4.24. The van der Waals surface area contributed by atoms with Crippen molar-refractivity contribution in [3.8, 4) is 6.07 Å². The van der Waals surface area contributed by atoms with E-state index in [1.165, 1.54) is 0 Å². The first-order valence-corrected chi connectivity index (χ1v) is 4.57. The summed E-state index contributed by atoms with van der Waals surface area (Å²) in [6.07, 6.45) is 0.484. The van der Waals surface area contributed by atoms with E-state index in [2.05, 4.69) is 16.3 Å². The number of hydrogen-bond acceptors (Lipinski definition) is 3. The Morgan fingerprint density at radius 3 is 3.15 bits per heavy atom. The average molecular weight is 181 g/mol. The molecule has 0 aromatic rings. The highest BCUT2D eigenvalue weighted by Gasteiger charge is 2.28. The van der Waals surface area contributed by atoms with Gasteiger partial charge in [-0.1, -0.05) is 0 Å². The monoisotopic (exact) mass is 181 g/mol. The van der Waals surface area contributed by atoms with Gasteiger partial charge < -0.3 is 5.32 Å². The Morgan fingerprint density at radius 1 is 1.85 bits per heavy atom. The summed E-state index contributed by atoms with van der Waals surface area (Å²) in [6, 6.07) is 2.20.